The third kappa shape index (κ3) is 1.91. The number of nitrogens with two attached hydrogens (primary N) is 1. The quantitative estimate of drug-likeness (QED) is 0.736. The zero-order valence-corrected chi connectivity index (χ0v) is 9.90. The summed E-state index contributed by atoms with van der Waals surface area (Å²) in [5.74, 6) is -0.146. The number of nitrogens with one attached hydrogen (secondary N) is 1. The van der Waals surface area contributed by atoms with E-state index < -0.39 is 0 Å². The Hall–Kier alpha value is -2.41. The lowest BCUT2D eigenvalue weighted by atomic mass is 10.2. The van der Waals surface area contributed by atoms with Gasteiger partial charge in [-0.05, 0) is 12.1 Å². The normalized spacial score (nSPS) is 10.7. The fourth-order valence-corrected chi connectivity index (χ4v) is 2.04. The van der Waals surface area contributed by atoms with Crippen molar-refractivity contribution < 1.29 is 9.21 Å². The largest absolute Gasteiger partial charge is 0.451 e. The first-order chi connectivity index (χ1) is 8.72. The van der Waals surface area contributed by atoms with Crippen molar-refractivity contribution in [2.45, 2.75) is 0 Å². The lowest BCUT2D eigenvalue weighted by molar-refractivity contribution is 0.0998. The number of para-hydroxylation sites is 1. The van der Waals surface area contributed by atoms with E-state index in [1.165, 1.54) is 0 Å². The Morgan fingerprint density at radius 1 is 1.33 bits per heavy atom. The maximum absolute atomic E-state index is 11.9. The van der Waals surface area contributed by atoms with Gasteiger partial charge in [0.2, 0.25) is 10.3 Å². The van der Waals surface area contributed by atoms with Crippen LogP contribution in [0.25, 0.3) is 11.0 Å². The molecule has 90 valence electrons. The van der Waals surface area contributed by atoms with Crippen molar-refractivity contribution in [1.29, 1.82) is 0 Å². The number of rotatable bonds is 2. The van der Waals surface area contributed by atoms with Crippen molar-refractivity contribution in [3.05, 3.63) is 36.1 Å². The molecule has 1 amide bonds. The minimum Gasteiger partial charge on any atom is -0.451 e. The van der Waals surface area contributed by atoms with Crippen LogP contribution in [-0.2, 0) is 0 Å². The highest BCUT2D eigenvalue weighted by atomic mass is 32.1. The minimum atomic E-state index is -0.373. The molecule has 0 aliphatic carbocycles. The number of anilines is 2. The molecule has 0 radical (unpaired) electrons. The minimum absolute atomic E-state index is 0.227. The molecule has 3 N–H and O–H groups in total. The summed E-state index contributed by atoms with van der Waals surface area (Å²) < 4.78 is 5.42. The van der Waals surface area contributed by atoms with Crippen molar-refractivity contribution in [3.8, 4) is 0 Å². The van der Waals surface area contributed by atoms with Crippen LogP contribution in [0.5, 0.6) is 0 Å². The molecule has 2 aromatic heterocycles. The smallest absolute Gasteiger partial charge is 0.293 e. The number of carbonyl (C=O) groups excluding carboxylic acids is 1. The van der Waals surface area contributed by atoms with Crippen LogP contribution in [0.2, 0.25) is 0 Å². The van der Waals surface area contributed by atoms with E-state index >= 15 is 0 Å². The first-order valence-corrected chi connectivity index (χ1v) is 5.93. The SMILES string of the molecule is Nc1nnc(NC(=O)c2cc3ccccc3o2)s1. The second-order valence-corrected chi connectivity index (χ2v) is 4.56. The Kier molecular flexibility index (Phi) is 2.45. The van der Waals surface area contributed by atoms with Gasteiger partial charge in [0.15, 0.2) is 5.76 Å². The van der Waals surface area contributed by atoms with Gasteiger partial charge in [0.05, 0.1) is 0 Å². The third-order valence-electron chi connectivity index (χ3n) is 2.31. The van der Waals surface area contributed by atoms with Gasteiger partial charge >= 0.3 is 0 Å². The highest BCUT2D eigenvalue weighted by Crippen LogP contribution is 2.21. The summed E-state index contributed by atoms with van der Waals surface area (Å²) in [7, 11) is 0. The summed E-state index contributed by atoms with van der Waals surface area (Å²) >= 11 is 1.10. The standard InChI is InChI=1S/C11H8N4O2S/c12-10-14-15-11(18-10)13-9(16)8-5-6-3-1-2-4-7(6)17-8/h1-5H,(H2,12,14)(H,13,15,16). The van der Waals surface area contributed by atoms with Gasteiger partial charge in [-0.2, -0.15) is 0 Å². The number of amides is 1. The van der Waals surface area contributed by atoms with Gasteiger partial charge < -0.3 is 10.2 Å². The molecule has 0 saturated carbocycles. The van der Waals surface area contributed by atoms with Gasteiger partial charge in [-0.15, -0.1) is 10.2 Å². The number of benzene rings is 1. The molecule has 0 aliphatic heterocycles. The van der Waals surface area contributed by atoms with Gasteiger partial charge in [0.25, 0.3) is 5.91 Å². The number of carbonyl (C=O) groups is 1. The molecular formula is C11H8N4O2S. The summed E-state index contributed by atoms with van der Waals surface area (Å²) in [6.45, 7) is 0. The molecule has 0 atom stereocenters. The Bertz CT molecular complexity index is 685. The second kappa shape index (κ2) is 4.11. The average Bonchev–Trinajstić information content (AvgIpc) is 2.95. The lowest BCUT2D eigenvalue weighted by Crippen LogP contribution is -2.10. The summed E-state index contributed by atoms with van der Waals surface area (Å²) in [6.07, 6.45) is 0. The Balaban J connectivity index is 1.87. The van der Waals surface area contributed by atoms with Crippen LogP contribution < -0.4 is 11.1 Å². The number of hydrogen-bond donors (Lipinski definition) is 2. The fourth-order valence-electron chi connectivity index (χ4n) is 1.54. The average molecular weight is 260 g/mol. The Morgan fingerprint density at radius 3 is 2.89 bits per heavy atom. The van der Waals surface area contributed by atoms with Gasteiger partial charge in [-0.3, -0.25) is 10.1 Å². The molecule has 2 heterocycles. The van der Waals surface area contributed by atoms with E-state index in [9.17, 15) is 4.79 Å². The zero-order chi connectivity index (χ0) is 12.5. The van der Waals surface area contributed by atoms with E-state index in [4.69, 9.17) is 10.2 Å². The van der Waals surface area contributed by atoms with E-state index in [1.54, 1.807) is 12.1 Å². The van der Waals surface area contributed by atoms with Gasteiger partial charge in [-0.25, -0.2) is 0 Å². The number of nitrogen functional groups attached to an aromatic ring is 1. The molecule has 0 unspecified atom stereocenters. The van der Waals surface area contributed by atoms with E-state index in [-0.39, 0.29) is 11.7 Å². The maximum Gasteiger partial charge on any atom is 0.293 e. The molecular weight excluding hydrogens is 252 g/mol. The lowest BCUT2D eigenvalue weighted by Gasteiger charge is -1.95. The fraction of sp³-hybridized carbons (Fsp3) is 0. The number of aromatic nitrogens is 2. The number of nitrogens with zero attached hydrogens (tertiary/aromatic N) is 2. The molecule has 0 spiro atoms. The summed E-state index contributed by atoms with van der Waals surface area (Å²) in [5, 5.41) is 11.4. The predicted molar refractivity (Wildman–Crippen MR) is 68.5 cm³/mol. The maximum atomic E-state index is 11.9. The first kappa shape index (κ1) is 10.7. The monoisotopic (exact) mass is 260 g/mol. The predicted octanol–water partition coefficient (Wildman–Crippen LogP) is 2.12. The van der Waals surface area contributed by atoms with Crippen LogP contribution in [0.4, 0.5) is 10.3 Å². The van der Waals surface area contributed by atoms with Crippen molar-refractivity contribution in [3.63, 3.8) is 0 Å². The molecule has 7 heteroatoms. The molecule has 0 aliphatic rings. The number of furan rings is 1. The van der Waals surface area contributed by atoms with Crippen LogP contribution in [0.1, 0.15) is 10.6 Å². The second-order valence-electron chi connectivity index (χ2n) is 3.55. The Morgan fingerprint density at radius 2 is 2.17 bits per heavy atom. The molecule has 0 saturated heterocycles. The molecule has 0 bridgehead atoms. The Labute approximate surface area is 105 Å². The molecule has 3 aromatic rings. The molecule has 1 aromatic carbocycles. The van der Waals surface area contributed by atoms with Crippen LogP contribution in [0.3, 0.4) is 0 Å². The first-order valence-electron chi connectivity index (χ1n) is 5.11. The molecule has 0 fully saturated rings. The summed E-state index contributed by atoms with van der Waals surface area (Å²) in [6, 6.07) is 9.08. The van der Waals surface area contributed by atoms with Gasteiger partial charge in [0, 0.05) is 5.39 Å². The van der Waals surface area contributed by atoms with Crippen molar-refractivity contribution in [1.82, 2.24) is 10.2 Å². The summed E-state index contributed by atoms with van der Waals surface area (Å²) in [5.41, 5.74) is 6.09. The number of hydrogen-bond acceptors (Lipinski definition) is 6. The third-order valence-corrected chi connectivity index (χ3v) is 2.98. The van der Waals surface area contributed by atoms with Crippen LogP contribution in [0.15, 0.2) is 34.7 Å². The zero-order valence-electron chi connectivity index (χ0n) is 9.08. The highest BCUT2D eigenvalue weighted by molar-refractivity contribution is 7.19. The number of fused-ring (bicyclic) bond motifs is 1. The van der Waals surface area contributed by atoms with Gasteiger partial charge in [0.1, 0.15) is 5.58 Å². The van der Waals surface area contributed by atoms with E-state index in [0.29, 0.717) is 15.8 Å². The molecule has 18 heavy (non-hydrogen) atoms. The van der Waals surface area contributed by atoms with Gasteiger partial charge in [-0.1, -0.05) is 29.5 Å². The van der Waals surface area contributed by atoms with Crippen molar-refractivity contribution in [2.75, 3.05) is 11.1 Å². The van der Waals surface area contributed by atoms with Crippen LogP contribution in [-0.4, -0.2) is 16.1 Å². The summed E-state index contributed by atoms with van der Waals surface area (Å²) in [4.78, 5) is 11.9. The van der Waals surface area contributed by atoms with Crippen LogP contribution >= 0.6 is 11.3 Å². The van der Waals surface area contributed by atoms with E-state index in [1.807, 2.05) is 18.2 Å². The van der Waals surface area contributed by atoms with Crippen molar-refractivity contribution >= 4 is 38.5 Å². The topological polar surface area (TPSA) is 94.0 Å². The molecule has 3 rings (SSSR count). The highest BCUT2D eigenvalue weighted by Gasteiger charge is 2.14. The van der Waals surface area contributed by atoms with Crippen molar-refractivity contribution in [2.24, 2.45) is 0 Å². The molecule has 6 nitrogen and oxygen atoms in total. The van der Waals surface area contributed by atoms with E-state index in [0.717, 1.165) is 16.7 Å². The van der Waals surface area contributed by atoms with E-state index in [2.05, 4.69) is 15.5 Å². The van der Waals surface area contributed by atoms with Crippen LogP contribution in [0, 0.1) is 0 Å².